The van der Waals surface area contributed by atoms with Crippen LogP contribution in [0.2, 0.25) is 0 Å². The Hall–Kier alpha value is -1.10. The summed E-state index contributed by atoms with van der Waals surface area (Å²) < 4.78 is 0. The number of nitrogens with two attached hydrogens (primary N) is 1. The van der Waals surface area contributed by atoms with Crippen molar-refractivity contribution in [3.05, 3.63) is 0 Å². The molecule has 1 rings (SSSR count). The lowest BCUT2D eigenvalue weighted by molar-refractivity contribution is -0.135. The smallest absolute Gasteiger partial charge is 0.239 e. The second-order valence-electron chi connectivity index (χ2n) is 5.51. The van der Waals surface area contributed by atoms with Crippen molar-refractivity contribution in [2.75, 3.05) is 20.1 Å². The highest BCUT2D eigenvalue weighted by atomic mass is 16.2. The summed E-state index contributed by atoms with van der Waals surface area (Å²) in [6, 6.07) is 0.139. The van der Waals surface area contributed by atoms with E-state index in [1.54, 1.807) is 7.05 Å². The zero-order valence-electron chi connectivity index (χ0n) is 12.2. The largest absolute Gasteiger partial charge is 0.355 e. The lowest BCUT2D eigenvalue weighted by Crippen LogP contribution is -2.41. The Balaban J connectivity index is 2.33. The molecule has 1 aliphatic carbocycles. The first-order valence-corrected chi connectivity index (χ1v) is 7.30. The number of carbonyl (C=O) groups is 2. The highest BCUT2D eigenvalue weighted by Crippen LogP contribution is 2.25. The van der Waals surface area contributed by atoms with Gasteiger partial charge in [0.1, 0.15) is 0 Å². The third kappa shape index (κ3) is 5.59. The van der Waals surface area contributed by atoms with E-state index in [0.29, 0.717) is 13.0 Å². The van der Waals surface area contributed by atoms with E-state index in [1.807, 2.05) is 6.92 Å². The summed E-state index contributed by atoms with van der Waals surface area (Å²) >= 11 is 0. The Morgan fingerprint density at radius 1 is 1.32 bits per heavy atom. The molecule has 0 aromatic carbocycles. The van der Waals surface area contributed by atoms with E-state index in [4.69, 9.17) is 5.73 Å². The highest BCUT2D eigenvalue weighted by Gasteiger charge is 2.25. The summed E-state index contributed by atoms with van der Waals surface area (Å²) in [5, 5.41) is 2.77. The summed E-state index contributed by atoms with van der Waals surface area (Å²) in [4.78, 5) is 25.1. The second-order valence-corrected chi connectivity index (χ2v) is 5.51. The van der Waals surface area contributed by atoms with E-state index in [0.717, 1.165) is 25.7 Å². The zero-order valence-corrected chi connectivity index (χ0v) is 12.2. The average molecular weight is 269 g/mol. The molecule has 0 aromatic rings. The number of nitrogens with one attached hydrogen (secondary N) is 1. The highest BCUT2D eigenvalue weighted by molar-refractivity contribution is 5.84. The van der Waals surface area contributed by atoms with Crippen LogP contribution in [-0.4, -0.2) is 42.9 Å². The second kappa shape index (κ2) is 8.15. The van der Waals surface area contributed by atoms with Crippen LogP contribution in [0, 0.1) is 5.92 Å². The van der Waals surface area contributed by atoms with E-state index >= 15 is 0 Å². The maximum Gasteiger partial charge on any atom is 0.239 e. The van der Waals surface area contributed by atoms with Crippen LogP contribution in [0.15, 0.2) is 0 Å². The maximum absolute atomic E-state index is 12.1. The van der Waals surface area contributed by atoms with Crippen LogP contribution in [0.3, 0.4) is 0 Å². The summed E-state index contributed by atoms with van der Waals surface area (Å²) in [7, 11) is 1.68. The fraction of sp³-hybridized carbons (Fsp3) is 0.857. The molecule has 1 saturated carbocycles. The molecule has 1 aliphatic rings. The monoisotopic (exact) mass is 269 g/mol. The van der Waals surface area contributed by atoms with E-state index in [9.17, 15) is 9.59 Å². The molecule has 0 radical (unpaired) electrons. The van der Waals surface area contributed by atoms with Crippen LogP contribution < -0.4 is 11.1 Å². The van der Waals surface area contributed by atoms with Crippen molar-refractivity contribution in [2.24, 2.45) is 11.7 Å². The molecular formula is C14H27N3O2. The van der Waals surface area contributed by atoms with Gasteiger partial charge in [-0.05, 0) is 25.2 Å². The first-order chi connectivity index (χ1) is 9.04. The van der Waals surface area contributed by atoms with Crippen molar-refractivity contribution in [2.45, 2.75) is 51.5 Å². The summed E-state index contributed by atoms with van der Waals surface area (Å²) in [5.41, 5.74) is 6.04. The fourth-order valence-electron chi connectivity index (χ4n) is 2.49. The average Bonchev–Trinajstić information content (AvgIpc) is 2.38. The molecule has 0 spiro atoms. The Morgan fingerprint density at radius 3 is 2.63 bits per heavy atom. The molecule has 2 unspecified atom stereocenters. The van der Waals surface area contributed by atoms with Crippen molar-refractivity contribution >= 4 is 11.8 Å². The normalized spacial score (nSPS) is 22.9. The molecule has 3 N–H and O–H groups in total. The van der Waals surface area contributed by atoms with Gasteiger partial charge in [0.15, 0.2) is 0 Å². The van der Waals surface area contributed by atoms with Crippen LogP contribution in [0.1, 0.15) is 45.4 Å². The summed E-state index contributed by atoms with van der Waals surface area (Å²) in [6.07, 6.45) is 5.74. The van der Waals surface area contributed by atoms with Gasteiger partial charge < -0.3 is 16.0 Å². The Morgan fingerprint density at radius 2 is 2.00 bits per heavy atom. The van der Waals surface area contributed by atoms with Crippen molar-refractivity contribution in [3.8, 4) is 0 Å². The van der Waals surface area contributed by atoms with Gasteiger partial charge in [0.25, 0.3) is 0 Å². The molecule has 1 fully saturated rings. The predicted molar refractivity (Wildman–Crippen MR) is 75.5 cm³/mol. The molecule has 0 heterocycles. The van der Waals surface area contributed by atoms with Gasteiger partial charge in [-0.1, -0.05) is 19.8 Å². The first-order valence-electron chi connectivity index (χ1n) is 7.30. The van der Waals surface area contributed by atoms with Crippen molar-refractivity contribution < 1.29 is 9.59 Å². The number of likely N-dealkylation sites (N-methyl/N-ethyl adjacent to an activating group) is 1. The quantitative estimate of drug-likeness (QED) is 0.751. The Kier molecular flexibility index (Phi) is 6.84. The van der Waals surface area contributed by atoms with Gasteiger partial charge in [-0.15, -0.1) is 0 Å². The van der Waals surface area contributed by atoms with E-state index < -0.39 is 0 Å². The van der Waals surface area contributed by atoms with Gasteiger partial charge in [0.2, 0.25) is 11.8 Å². The van der Waals surface area contributed by atoms with Gasteiger partial charge in [-0.3, -0.25) is 9.59 Å². The Bertz CT molecular complexity index is 307. The molecule has 2 amide bonds. The van der Waals surface area contributed by atoms with Crippen molar-refractivity contribution in [3.63, 3.8) is 0 Å². The van der Waals surface area contributed by atoms with Crippen LogP contribution in [0.5, 0.6) is 0 Å². The van der Waals surface area contributed by atoms with Crippen molar-refractivity contribution in [1.82, 2.24) is 10.2 Å². The zero-order chi connectivity index (χ0) is 14.3. The van der Waals surface area contributed by atoms with E-state index in [1.165, 1.54) is 11.3 Å². The molecule has 0 aromatic heterocycles. The van der Waals surface area contributed by atoms with Gasteiger partial charge in [0.05, 0.1) is 6.54 Å². The van der Waals surface area contributed by atoms with Gasteiger partial charge in [0, 0.05) is 26.1 Å². The number of rotatable bonds is 6. The molecule has 19 heavy (non-hydrogen) atoms. The van der Waals surface area contributed by atoms with E-state index in [2.05, 4.69) is 5.32 Å². The van der Waals surface area contributed by atoms with Gasteiger partial charge >= 0.3 is 0 Å². The SMILES string of the molecule is CCCNC(=O)CN(C)C(=O)CC1CCCCC1N. The molecule has 0 bridgehead atoms. The third-order valence-electron chi connectivity index (χ3n) is 3.78. The topological polar surface area (TPSA) is 75.4 Å². The van der Waals surface area contributed by atoms with Gasteiger partial charge in [-0.2, -0.15) is 0 Å². The molecule has 5 nitrogen and oxygen atoms in total. The lowest BCUT2D eigenvalue weighted by atomic mass is 9.83. The lowest BCUT2D eigenvalue weighted by Gasteiger charge is -2.29. The standard InChI is InChI=1S/C14H27N3O2/c1-3-8-16-13(18)10-17(2)14(19)9-11-6-4-5-7-12(11)15/h11-12H,3-10,15H2,1-2H3,(H,16,18). The number of amides is 2. The number of carbonyl (C=O) groups excluding carboxylic acids is 2. The molecule has 2 atom stereocenters. The van der Waals surface area contributed by atoms with Crippen LogP contribution >= 0.6 is 0 Å². The molecule has 0 saturated heterocycles. The molecule has 110 valence electrons. The minimum atomic E-state index is -0.0920. The van der Waals surface area contributed by atoms with Crippen LogP contribution in [0.4, 0.5) is 0 Å². The van der Waals surface area contributed by atoms with Crippen LogP contribution in [0.25, 0.3) is 0 Å². The molecular weight excluding hydrogens is 242 g/mol. The Labute approximate surface area is 115 Å². The predicted octanol–water partition coefficient (Wildman–Crippen LogP) is 0.879. The fourth-order valence-corrected chi connectivity index (χ4v) is 2.49. The minimum absolute atomic E-state index is 0.0222. The maximum atomic E-state index is 12.1. The molecule has 0 aliphatic heterocycles. The minimum Gasteiger partial charge on any atom is -0.355 e. The van der Waals surface area contributed by atoms with E-state index in [-0.39, 0.29) is 30.3 Å². The summed E-state index contributed by atoms with van der Waals surface area (Å²) in [6.45, 7) is 2.80. The number of hydrogen-bond acceptors (Lipinski definition) is 3. The number of hydrogen-bond donors (Lipinski definition) is 2. The number of nitrogens with zero attached hydrogens (tertiary/aromatic N) is 1. The first kappa shape index (κ1) is 16.0. The third-order valence-corrected chi connectivity index (χ3v) is 3.78. The van der Waals surface area contributed by atoms with Crippen molar-refractivity contribution in [1.29, 1.82) is 0 Å². The van der Waals surface area contributed by atoms with Crippen LogP contribution in [-0.2, 0) is 9.59 Å². The molecule has 5 heteroatoms. The summed E-state index contributed by atoms with van der Waals surface area (Å²) in [5.74, 6) is 0.210. The van der Waals surface area contributed by atoms with Gasteiger partial charge in [-0.25, -0.2) is 0 Å².